The highest BCUT2D eigenvalue weighted by molar-refractivity contribution is 5.82. The molecule has 3 heteroatoms. The molecule has 0 saturated carbocycles. The fraction of sp³-hybridized carbons (Fsp3) is 0.438. The van der Waals surface area contributed by atoms with Crippen LogP contribution in [0.4, 0.5) is 0 Å². The second-order valence-corrected chi connectivity index (χ2v) is 4.82. The molecular formula is C16H22N2O. The molecule has 19 heavy (non-hydrogen) atoms. The van der Waals surface area contributed by atoms with E-state index >= 15 is 0 Å². The summed E-state index contributed by atoms with van der Waals surface area (Å²) in [6.45, 7) is 4.82. The molecule has 2 rings (SSSR count). The summed E-state index contributed by atoms with van der Waals surface area (Å²) in [7, 11) is 1.75. The van der Waals surface area contributed by atoms with Gasteiger partial charge in [0.25, 0.3) is 0 Å². The molecule has 0 fully saturated rings. The van der Waals surface area contributed by atoms with Crippen LogP contribution in [0, 0.1) is 6.92 Å². The van der Waals surface area contributed by atoms with Gasteiger partial charge in [0, 0.05) is 31.3 Å². The smallest absolute Gasteiger partial charge is 0.0708 e. The molecule has 0 aliphatic rings. The van der Waals surface area contributed by atoms with Gasteiger partial charge in [0.15, 0.2) is 0 Å². The zero-order valence-corrected chi connectivity index (χ0v) is 11.8. The SMILES string of the molecule is COCCCCNCc1cc(C)nc2ccccc12. The lowest BCUT2D eigenvalue weighted by molar-refractivity contribution is 0.192. The second kappa shape index (κ2) is 7.22. The third-order valence-electron chi connectivity index (χ3n) is 3.20. The number of hydrogen-bond donors (Lipinski definition) is 1. The monoisotopic (exact) mass is 258 g/mol. The fourth-order valence-electron chi connectivity index (χ4n) is 2.26. The number of fused-ring (bicyclic) bond motifs is 1. The largest absolute Gasteiger partial charge is 0.385 e. The van der Waals surface area contributed by atoms with Crippen molar-refractivity contribution in [3.05, 3.63) is 41.6 Å². The Morgan fingerprint density at radius 2 is 2.05 bits per heavy atom. The van der Waals surface area contributed by atoms with Gasteiger partial charge in [0.2, 0.25) is 0 Å². The lowest BCUT2D eigenvalue weighted by Crippen LogP contribution is -2.15. The normalized spacial score (nSPS) is 11.1. The van der Waals surface area contributed by atoms with Crippen LogP contribution in [0.5, 0.6) is 0 Å². The molecule has 1 aromatic carbocycles. The van der Waals surface area contributed by atoms with Gasteiger partial charge < -0.3 is 10.1 Å². The van der Waals surface area contributed by atoms with Gasteiger partial charge in [-0.05, 0) is 44.0 Å². The summed E-state index contributed by atoms with van der Waals surface area (Å²) in [5.74, 6) is 0. The van der Waals surface area contributed by atoms with Crippen LogP contribution in [-0.4, -0.2) is 25.2 Å². The lowest BCUT2D eigenvalue weighted by atomic mass is 10.1. The van der Waals surface area contributed by atoms with Gasteiger partial charge in [0.1, 0.15) is 0 Å². The van der Waals surface area contributed by atoms with E-state index in [4.69, 9.17) is 4.74 Å². The first-order chi connectivity index (χ1) is 9.31. The first kappa shape index (κ1) is 14.0. The van der Waals surface area contributed by atoms with E-state index < -0.39 is 0 Å². The molecule has 1 N–H and O–H groups in total. The van der Waals surface area contributed by atoms with Crippen LogP contribution in [0.25, 0.3) is 10.9 Å². The fourth-order valence-corrected chi connectivity index (χ4v) is 2.26. The zero-order valence-electron chi connectivity index (χ0n) is 11.8. The third-order valence-corrected chi connectivity index (χ3v) is 3.20. The molecule has 0 aliphatic heterocycles. The summed E-state index contributed by atoms with van der Waals surface area (Å²) in [6, 6.07) is 10.5. The molecule has 0 unspecified atom stereocenters. The van der Waals surface area contributed by atoms with E-state index in [1.807, 2.05) is 6.07 Å². The maximum absolute atomic E-state index is 5.04. The summed E-state index contributed by atoms with van der Waals surface area (Å²) < 4.78 is 5.04. The van der Waals surface area contributed by atoms with E-state index in [-0.39, 0.29) is 0 Å². The van der Waals surface area contributed by atoms with E-state index in [0.717, 1.165) is 43.7 Å². The predicted octanol–water partition coefficient (Wildman–Crippen LogP) is 3.06. The van der Waals surface area contributed by atoms with E-state index in [1.165, 1.54) is 10.9 Å². The Morgan fingerprint density at radius 1 is 1.21 bits per heavy atom. The second-order valence-electron chi connectivity index (χ2n) is 4.82. The molecule has 1 aromatic heterocycles. The van der Waals surface area contributed by atoms with Gasteiger partial charge >= 0.3 is 0 Å². The van der Waals surface area contributed by atoms with Crippen molar-refractivity contribution in [2.24, 2.45) is 0 Å². The third kappa shape index (κ3) is 4.01. The standard InChI is InChI=1S/C16H22N2O/c1-13-11-14(12-17-9-5-6-10-19-2)15-7-3-4-8-16(15)18-13/h3-4,7-8,11,17H,5-6,9-10,12H2,1-2H3. The molecule has 0 aliphatic carbocycles. The number of hydrogen-bond acceptors (Lipinski definition) is 3. The van der Waals surface area contributed by atoms with Crippen LogP contribution in [0.1, 0.15) is 24.1 Å². The number of aryl methyl sites for hydroxylation is 1. The Morgan fingerprint density at radius 3 is 2.89 bits per heavy atom. The minimum Gasteiger partial charge on any atom is -0.385 e. The van der Waals surface area contributed by atoms with Gasteiger partial charge in [0.05, 0.1) is 5.52 Å². The molecule has 0 bridgehead atoms. The van der Waals surface area contributed by atoms with Gasteiger partial charge in [-0.15, -0.1) is 0 Å². The van der Waals surface area contributed by atoms with Crippen LogP contribution in [0.2, 0.25) is 0 Å². The number of aromatic nitrogens is 1. The average Bonchev–Trinajstić information content (AvgIpc) is 2.42. The maximum Gasteiger partial charge on any atom is 0.0708 e. The van der Waals surface area contributed by atoms with Crippen molar-refractivity contribution in [3.8, 4) is 0 Å². The first-order valence-electron chi connectivity index (χ1n) is 6.86. The van der Waals surface area contributed by atoms with Gasteiger partial charge in [-0.25, -0.2) is 0 Å². The number of pyridine rings is 1. The minimum atomic E-state index is 0.846. The molecule has 0 amide bonds. The zero-order chi connectivity index (χ0) is 13.5. The topological polar surface area (TPSA) is 34.1 Å². The highest BCUT2D eigenvalue weighted by Crippen LogP contribution is 2.17. The quantitative estimate of drug-likeness (QED) is 0.775. The Labute approximate surface area is 115 Å². The van der Waals surface area contributed by atoms with Crippen molar-refractivity contribution >= 4 is 10.9 Å². The summed E-state index contributed by atoms with van der Waals surface area (Å²) in [5.41, 5.74) is 3.49. The van der Waals surface area contributed by atoms with Crippen molar-refractivity contribution in [2.45, 2.75) is 26.3 Å². The Balaban J connectivity index is 1.96. The van der Waals surface area contributed by atoms with E-state index in [2.05, 4.69) is 41.5 Å². The maximum atomic E-state index is 5.04. The van der Waals surface area contributed by atoms with Crippen LogP contribution >= 0.6 is 0 Å². The molecular weight excluding hydrogens is 236 g/mol. The van der Waals surface area contributed by atoms with Crippen molar-refractivity contribution in [2.75, 3.05) is 20.3 Å². The first-order valence-corrected chi connectivity index (χ1v) is 6.86. The highest BCUT2D eigenvalue weighted by Gasteiger charge is 2.02. The van der Waals surface area contributed by atoms with Crippen LogP contribution in [-0.2, 0) is 11.3 Å². The van der Waals surface area contributed by atoms with E-state index in [9.17, 15) is 0 Å². The molecule has 0 radical (unpaired) electrons. The van der Waals surface area contributed by atoms with Crippen molar-refractivity contribution in [3.63, 3.8) is 0 Å². The number of unbranched alkanes of at least 4 members (excludes halogenated alkanes) is 1. The Bertz CT molecular complexity index is 525. The summed E-state index contributed by atoms with van der Waals surface area (Å²) >= 11 is 0. The van der Waals surface area contributed by atoms with Gasteiger partial charge in [-0.3, -0.25) is 4.98 Å². The van der Waals surface area contributed by atoms with Crippen LogP contribution in [0.15, 0.2) is 30.3 Å². The number of nitrogens with one attached hydrogen (secondary N) is 1. The van der Waals surface area contributed by atoms with Crippen LogP contribution in [0.3, 0.4) is 0 Å². The van der Waals surface area contributed by atoms with Crippen molar-refractivity contribution in [1.82, 2.24) is 10.3 Å². The summed E-state index contributed by atoms with van der Waals surface area (Å²) in [6.07, 6.45) is 2.26. The average molecular weight is 258 g/mol. The lowest BCUT2D eigenvalue weighted by Gasteiger charge is -2.09. The van der Waals surface area contributed by atoms with Gasteiger partial charge in [-0.2, -0.15) is 0 Å². The molecule has 1 heterocycles. The Kier molecular flexibility index (Phi) is 5.31. The summed E-state index contributed by atoms with van der Waals surface area (Å²) in [5, 5.41) is 4.74. The molecule has 0 spiro atoms. The van der Waals surface area contributed by atoms with E-state index in [0.29, 0.717) is 0 Å². The number of ether oxygens (including phenoxy) is 1. The van der Waals surface area contributed by atoms with Crippen molar-refractivity contribution < 1.29 is 4.74 Å². The molecule has 2 aromatic rings. The molecule has 0 atom stereocenters. The number of methoxy groups -OCH3 is 1. The molecule has 3 nitrogen and oxygen atoms in total. The summed E-state index contributed by atoms with van der Waals surface area (Å²) in [4.78, 5) is 4.56. The number of rotatable bonds is 7. The predicted molar refractivity (Wildman–Crippen MR) is 79.3 cm³/mol. The number of benzene rings is 1. The molecule has 0 saturated heterocycles. The Hall–Kier alpha value is -1.45. The minimum absolute atomic E-state index is 0.846. The van der Waals surface area contributed by atoms with Gasteiger partial charge in [-0.1, -0.05) is 18.2 Å². The van der Waals surface area contributed by atoms with Crippen molar-refractivity contribution in [1.29, 1.82) is 0 Å². The highest BCUT2D eigenvalue weighted by atomic mass is 16.5. The number of para-hydroxylation sites is 1. The van der Waals surface area contributed by atoms with E-state index in [1.54, 1.807) is 7.11 Å². The van der Waals surface area contributed by atoms with Crippen LogP contribution < -0.4 is 5.32 Å². The molecule has 102 valence electrons. The number of nitrogens with zero attached hydrogens (tertiary/aromatic N) is 1.